The van der Waals surface area contributed by atoms with Gasteiger partial charge >= 0.3 is 0 Å². The van der Waals surface area contributed by atoms with Crippen molar-refractivity contribution in [2.24, 2.45) is 5.41 Å². The second kappa shape index (κ2) is 2.70. The van der Waals surface area contributed by atoms with Crippen LogP contribution in [0.5, 0.6) is 0 Å². The van der Waals surface area contributed by atoms with Crippen molar-refractivity contribution in [2.45, 2.75) is 32.8 Å². The van der Waals surface area contributed by atoms with E-state index in [2.05, 4.69) is 6.58 Å². The molecule has 1 rings (SSSR count). The van der Waals surface area contributed by atoms with Crippen LogP contribution < -0.4 is 0 Å². The molecule has 1 fully saturated rings. The highest BCUT2D eigenvalue weighted by atomic mass is 16.6. The summed E-state index contributed by atoms with van der Waals surface area (Å²) in [4.78, 5) is 11.3. The fourth-order valence-corrected chi connectivity index (χ4v) is 1.37. The molecule has 0 bridgehead atoms. The Morgan fingerprint density at radius 3 is 2.50 bits per heavy atom. The van der Waals surface area contributed by atoms with Crippen LogP contribution in [0.25, 0.3) is 0 Å². The van der Waals surface area contributed by atoms with Crippen molar-refractivity contribution in [1.82, 2.24) is 0 Å². The molecule has 0 radical (unpaired) electrons. The van der Waals surface area contributed by atoms with Crippen LogP contribution in [-0.2, 0) is 9.53 Å². The highest BCUT2D eigenvalue weighted by molar-refractivity contribution is 5.83. The third-order valence-corrected chi connectivity index (χ3v) is 2.99. The molecule has 0 N–H and O–H groups in total. The molecule has 0 saturated carbocycles. The zero-order valence-corrected chi connectivity index (χ0v) is 8.02. The summed E-state index contributed by atoms with van der Waals surface area (Å²) in [6, 6.07) is 0. The van der Waals surface area contributed by atoms with E-state index in [4.69, 9.17) is 4.74 Å². The van der Waals surface area contributed by atoms with Crippen LogP contribution in [0.4, 0.5) is 0 Å². The topological polar surface area (TPSA) is 29.6 Å². The van der Waals surface area contributed by atoms with Crippen LogP contribution in [0, 0.1) is 5.41 Å². The number of hydrogen-bond donors (Lipinski definition) is 0. The zero-order chi connectivity index (χ0) is 9.41. The zero-order valence-electron chi connectivity index (χ0n) is 8.02. The maximum absolute atomic E-state index is 11.3. The van der Waals surface area contributed by atoms with Crippen LogP contribution in [0.3, 0.4) is 0 Å². The summed E-state index contributed by atoms with van der Waals surface area (Å²) < 4.78 is 5.37. The van der Waals surface area contributed by atoms with Crippen molar-refractivity contribution < 1.29 is 9.53 Å². The van der Waals surface area contributed by atoms with Crippen molar-refractivity contribution >= 4 is 5.78 Å². The van der Waals surface area contributed by atoms with Gasteiger partial charge in [0.05, 0.1) is 12.0 Å². The first-order valence-corrected chi connectivity index (χ1v) is 4.22. The molecule has 1 atom stereocenters. The van der Waals surface area contributed by atoms with Crippen molar-refractivity contribution in [3.63, 3.8) is 0 Å². The van der Waals surface area contributed by atoms with Gasteiger partial charge in [0.2, 0.25) is 0 Å². The fraction of sp³-hybridized carbons (Fsp3) is 0.700. The van der Waals surface area contributed by atoms with Gasteiger partial charge in [-0.25, -0.2) is 0 Å². The summed E-state index contributed by atoms with van der Waals surface area (Å²) in [7, 11) is 0. The number of carbonyl (C=O) groups is 1. The smallest absolute Gasteiger partial charge is 0.138 e. The molecule has 0 aliphatic carbocycles. The minimum absolute atomic E-state index is 0.182. The van der Waals surface area contributed by atoms with E-state index in [1.807, 2.05) is 19.9 Å². The van der Waals surface area contributed by atoms with E-state index in [1.165, 1.54) is 0 Å². The largest absolute Gasteiger partial charge is 0.368 e. The lowest BCUT2D eigenvalue weighted by Gasteiger charge is -2.28. The molecule has 1 saturated heterocycles. The number of Topliss-reactive ketones (excluding diaryl/α,β-unsaturated/α-hetero) is 1. The second-order valence-electron chi connectivity index (χ2n) is 3.96. The quantitative estimate of drug-likeness (QED) is 0.474. The number of hydrogen-bond acceptors (Lipinski definition) is 2. The van der Waals surface area contributed by atoms with E-state index in [-0.39, 0.29) is 16.8 Å². The molecule has 2 heteroatoms. The van der Waals surface area contributed by atoms with Crippen molar-refractivity contribution in [3.8, 4) is 0 Å². The summed E-state index contributed by atoms with van der Waals surface area (Å²) >= 11 is 0. The normalized spacial score (nSPS) is 28.2. The number of ether oxygens (including phenoxy) is 1. The van der Waals surface area contributed by atoms with Crippen LogP contribution in [0.1, 0.15) is 27.2 Å². The molecular weight excluding hydrogens is 152 g/mol. The van der Waals surface area contributed by atoms with Gasteiger partial charge in [-0.1, -0.05) is 19.9 Å². The van der Waals surface area contributed by atoms with Crippen molar-refractivity contribution in [2.75, 3.05) is 6.61 Å². The van der Waals surface area contributed by atoms with E-state index < -0.39 is 0 Å². The van der Waals surface area contributed by atoms with Gasteiger partial charge in [-0.15, -0.1) is 6.58 Å². The molecule has 1 unspecified atom stereocenters. The lowest BCUT2D eigenvalue weighted by Crippen LogP contribution is -2.38. The highest BCUT2D eigenvalue weighted by Gasteiger charge is 2.57. The lowest BCUT2D eigenvalue weighted by molar-refractivity contribution is -0.128. The van der Waals surface area contributed by atoms with Gasteiger partial charge in [0.25, 0.3) is 0 Å². The summed E-state index contributed by atoms with van der Waals surface area (Å²) in [5.41, 5.74) is -0.623. The van der Waals surface area contributed by atoms with Gasteiger partial charge in [0.15, 0.2) is 0 Å². The summed E-state index contributed by atoms with van der Waals surface area (Å²) in [6.07, 6.45) is 2.58. The molecule has 1 aliphatic rings. The lowest BCUT2D eigenvalue weighted by atomic mass is 9.74. The minimum atomic E-state index is -0.374. The standard InChI is InChI=1S/C10H16O2/c1-5-6-10(7-12-10)9(3,4)8(2)11/h5H,1,6-7H2,2-4H3. The summed E-state index contributed by atoms with van der Waals surface area (Å²) in [5, 5.41) is 0. The van der Waals surface area contributed by atoms with Gasteiger partial charge in [-0.05, 0) is 13.3 Å². The molecular formula is C10H16O2. The maximum atomic E-state index is 11.3. The van der Waals surface area contributed by atoms with Crippen LogP contribution in [0.2, 0.25) is 0 Å². The molecule has 2 nitrogen and oxygen atoms in total. The first-order chi connectivity index (χ1) is 5.46. The minimum Gasteiger partial charge on any atom is -0.368 e. The number of carbonyl (C=O) groups excluding carboxylic acids is 1. The van der Waals surface area contributed by atoms with Gasteiger partial charge in [0.1, 0.15) is 11.4 Å². The molecule has 0 aromatic carbocycles. The number of ketones is 1. The van der Waals surface area contributed by atoms with Crippen LogP contribution in [0.15, 0.2) is 12.7 Å². The van der Waals surface area contributed by atoms with E-state index in [9.17, 15) is 4.79 Å². The van der Waals surface area contributed by atoms with Crippen LogP contribution >= 0.6 is 0 Å². The summed E-state index contributed by atoms with van der Waals surface area (Å²) in [5.74, 6) is 0.182. The fourth-order valence-electron chi connectivity index (χ4n) is 1.37. The number of rotatable bonds is 4. The molecule has 0 aromatic rings. The average molecular weight is 168 g/mol. The third kappa shape index (κ3) is 1.20. The van der Waals surface area contributed by atoms with E-state index >= 15 is 0 Å². The Kier molecular flexibility index (Phi) is 2.13. The Morgan fingerprint density at radius 2 is 2.25 bits per heavy atom. The molecule has 12 heavy (non-hydrogen) atoms. The van der Waals surface area contributed by atoms with Crippen molar-refractivity contribution in [3.05, 3.63) is 12.7 Å². The van der Waals surface area contributed by atoms with E-state index in [0.29, 0.717) is 6.61 Å². The SMILES string of the molecule is C=CCC1(C(C)(C)C(C)=O)CO1. The molecule has 0 amide bonds. The van der Waals surface area contributed by atoms with Gasteiger partial charge < -0.3 is 4.74 Å². The highest BCUT2D eigenvalue weighted by Crippen LogP contribution is 2.47. The predicted octanol–water partition coefficient (Wildman–Crippen LogP) is 1.95. The first kappa shape index (κ1) is 9.46. The third-order valence-electron chi connectivity index (χ3n) is 2.99. The Labute approximate surface area is 73.6 Å². The average Bonchev–Trinajstić information content (AvgIpc) is 2.70. The van der Waals surface area contributed by atoms with Gasteiger partial charge in [0, 0.05) is 0 Å². The molecule has 1 heterocycles. The number of epoxide rings is 1. The monoisotopic (exact) mass is 168 g/mol. The predicted molar refractivity (Wildman–Crippen MR) is 48.0 cm³/mol. The van der Waals surface area contributed by atoms with Crippen molar-refractivity contribution in [1.29, 1.82) is 0 Å². The van der Waals surface area contributed by atoms with E-state index in [1.54, 1.807) is 6.92 Å². The molecule has 1 aliphatic heterocycles. The molecule has 0 aromatic heterocycles. The Hall–Kier alpha value is -0.630. The first-order valence-electron chi connectivity index (χ1n) is 4.22. The molecule has 0 spiro atoms. The van der Waals surface area contributed by atoms with Gasteiger partial charge in [-0.2, -0.15) is 0 Å². The van der Waals surface area contributed by atoms with Crippen LogP contribution in [-0.4, -0.2) is 18.0 Å². The Balaban J connectivity index is 2.80. The van der Waals surface area contributed by atoms with E-state index in [0.717, 1.165) is 6.42 Å². The molecule has 68 valence electrons. The second-order valence-corrected chi connectivity index (χ2v) is 3.96. The maximum Gasteiger partial charge on any atom is 0.138 e. The Morgan fingerprint density at radius 1 is 1.75 bits per heavy atom. The Bertz CT molecular complexity index is 212. The van der Waals surface area contributed by atoms with Gasteiger partial charge in [-0.3, -0.25) is 4.79 Å². The summed E-state index contributed by atoms with van der Waals surface area (Å²) in [6.45, 7) is 9.84.